The molecule has 0 amide bonds. The summed E-state index contributed by atoms with van der Waals surface area (Å²) in [6, 6.07) is 6.73. The van der Waals surface area contributed by atoms with Crippen LogP contribution in [0.25, 0.3) is 0 Å². The molecule has 0 bridgehead atoms. The van der Waals surface area contributed by atoms with Crippen molar-refractivity contribution in [1.29, 1.82) is 0 Å². The van der Waals surface area contributed by atoms with Gasteiger partial charge >= 0.3 is 0 Å². The Balaban J connectivity index is 2.96. The minimum absolute atomic E-state index is 0.120. The molecular formula is C13H21BrN2O. The summed E-state index contributed by atoms with van der Waals surface area (Å²) in [5.74, 6) is 0. The van der Waals surface area contributed by atoms with Crippen LogP contribution >= 0.6 is 15.9 Å². The summed E-state index contributed by atoms with van der Waals surface area (Å²) in [6.45, 7) is 4.28. The number of hydrogen-bond donors (Lipinski definition) is 2. The van der Waals surface area contributed by atoms with Crippen LogP contribution in [0.1, 0.15) is 25.5 Å². The van der Waals surface area contributed by atoms with Crippen LogP contribution in [0.5, 0.6) is 0 Å². The Labute approximate surface area is 112 Å². The standard InChI is InChI=1S/C13H21BrN2O/c1-9(8-17)16(4)11-5-6-12(10(2)15-3)13(14)7-11/h5-7,9-10,15,17H,8H2,1-4H3. The molecule has 0 saturated carbocycles. The van der Waals surface area contributed by atoms with Gasteiger partial charge in [0.1, 0.15) is 0 Å². The molecule has 3 nitrogen and oxygen atoms in total. The lowest BCUT2D eigenvalue weighted by Crippen LogP contribution is -2.31. The zero-order chi connectivity index (χ0) is 13.0. The number of nitrogens with zero attached hydrogens (tertiary/aromatic N) is 1. The van der Waals surface area contributed by atoms with E-state index in [0.717, 1.165) is 10.2 Å². The third-order valence-electron chi connectivity index (χ3n) is 3.22. The van der Waals surface area contributed by atoms with Gasteiger partial charge in [-0.15, -0.1) is 0 Å². The first kappa shape index (κ1) is 14.5. The fourth-order valence-electron chi connectivity index (χ4n) is 1.62. The van der Waals surface area contributed by atoms with Gasteiger partial charge in [0.15, 0.2) is 0 Å². The highest BCUT2D eigenvalue weighted by molar-refractivity contribution is 9.10. The number of aliphatic hydroxyl groups excluding tert-OH is 1. The van der Waals surface area contributed by atoms with Crippen LogP contribution in [-0.2, 0) is 0 Å². The van der Waals surface area contributed by atoms with Crippen molar-refractivity contribution < 1.29 is 5.11 Å². The monoisotopic (exact) mass is 300 g/mol. The van der Waals surface area contributed by atoms with E-state index in [1.54, 1.807) is 0 Å². The van der Waals surface area contributed by atoms with Crippen molar-refractivity contribution in [3.05, 3.63) is 28.2 Å². The van der Waals surface area contributed by atoms with Crippen molar-refractivity contribution in [3.63, 3.8) is 0 Å². The molecule has 0 heterocycles. The first-order valence-corrected chi connectivity index (χ1v) is 6.61. The van der Waals surface area contributed by atoms with Gasteiger partial charge in [0.05, 0.1) is 6.61 Å². The average Bonchev–Trinajstić information content (AvgIpc) is 2.35. The molecule has 0 aliphatic carbocycles. The Morgan fingerprint density at radius 1 is 1.41 bits per heavy atom. The summed E-state index contributed by atoms with van der Waals surface area (Å²) in [6.07, 6.45) is 0. The number of likely N-dealkylation sites (N-methyl/N-ethyl adjacent to an activating group) is 1. The van der Waals surface area contributed by atoms with E-state index in [1.807, 2.05) is 21.0 Å². The number of rotatable bonds is 5. The van der Waals surface area contributed by atoms with Crippen molar-refractivity contribution in [2.45, 2.75) is 25.9 Å². The van der Waals surface area contributed by atoms with Gasteiger partial charge in [-0.1, -0.05) is 22.0 Å². The molecule has 0 spiro atoms. The maximum Gasteiger partial charge on any atom is 0.0632 e. The summed E-state index contributed by atoms with van der Waals surface area (Å²) in [4.78, 5) is 2.07. The van der Waals surface area contributed by atoms with E-state index in [0.29, 0.717) is 6.04 Å². The largest absolute Gasteiger partial charge is 0.394 e. The minimum Gasteiger partial charge on any atom is -0.394 e. The van der Waals surface area contributed by atoms with Gasteiger partial charge in [0.25, 0.3) is 0 Å². The maximum absolute atomic E-state index is 9.15. The van der Waals surface area contributed by atoms with Crippen molar-refractivity contribution >= 4 is 21.6 Å². The summed E-state index contributed by atoms with van der Waals surface area (Å²) < 4.78 is 1.09. The average molecular weight is 301 g/mol. The summed E-state index contributed by atoms with van der Waals surface area (Å²) in [5.41, 5.74) is 2.34. The molecule has 96 valence electrons. The molecule has 1 aromatic carbocycles. The van der Waals surface area contributed by atoms with Crippen molar-refractivity contribution in [2.24, 2.45) is 0 Å². The van der Waals surface area contributed by atoms with Crippen molar-refractivity contribution in [2.75, 3.05) is 25.6 Å². The molecule has 2 N–H and O–H groups in total. The number of aliphatic hydroxyl groups is 1. The third-order valence-corrected chi connectivity index (χ3v) is 3.90. The lowest BCUT2D eigenvalue weighted by Gasteiger charge is -2.26. The zero-order valence-corrected chi connectivity index (χ0v) is 12.5. The lowest BCUT2D eigenvalue weighted by molar-refractivity contribution is 0.270. The van der Waals surface area contributed by atoms with Gasteiger partial charge in [-0.2, -0.15) is 0 Å². The van der Waals surface area contributed by atoms with Gasteiger partial charge in [-0.25, -0.2) is 0 Å². The molecule has 4 heteroatoms. The summed E-state index contributed by atoms with van der Waals surface area (Å²) in [5, 5.41) is 12.4. The fraction of sp³-hybridized carbons (Fsp3) is 0.538. The SMILES string of the molecule is CNC(C)c1ccc(N(C)C(C)CO)cc1Br. The van der Waals surface area contributed by atoms with E-state index in [-0.39, 0.29) is 12.6 Å². The van der Waals surface area contributed by atoms with Crippen LogP contribution in [-0.4, -0.2) is 31.9 Å². The summed E-state index contributed by atoms with van der Waals surface area (Å²) in [7, 11) is 3.94. The number of hydrogen-bond acceptors (Lipinski definition) is 3. The predicted molar refractivity (Wildman–Crippen MR) is 76.6 cm³/mol. The second-order valence-electron chi connectivity index (χ2n) is 4.36. The molecule has 0 radical (unpaired) electrons. The van der Waals surface area contributed by atoms with Gasteiger partial charge in [0, 0.05) is 29.3 Å². The van der Waals surface area contributed by atoms with Crippen LogP contribution in [0.15, 0.2) is 22.7 Å². The Bertz CT molecular complexity index is 370. The van der Waals surface area contributed by atoms with E-state index >= 15 is 0 Å². The van der Waals surface area contributed by atoms with E-state index in [2.05, 4.69) is 51.3 Å². The highest BCUT2D eigenvalue weighted by Gasteiger charge is 2.12. The van der Waals surface area contributed by atoms with Gasteiger partial charge in [-0.05, 0) is 38.6 Å². The molecular weight excluding hydrogens is 280 g/mol. The molecule has 0 fully saturated rings. The van der Waals surface area contributed by atoms with Crippen LogP contribution in [0.3, 0.4) is 0 Å². The molecule has 1 rings (SSSR count). The Hall–Kier alpha value is -0.580. The van der Waals surface area contributed by atoms with Crippen LogP contribution in [0.2, 0.25) is 0 Å². The molecule has 2 atom stereocenters. The highest BCUT2D eigenvalue weighted by atomic mass is 79.9. The molecule has 2 unspecified atom stereocenters. The van der Waals surface area contributed by atoms with E-state index in [9.17, 15) is 0 Å². The molecule has 0 aromatic heterocycles. The molecule has 0 aliphatic heterocycles. The van der Waals surface area contributed by atoms with Gasteiger partial charge in [0.2, 0.25) is 0 Å². The van der Waals surface area contributed by atoms with E-state index in [4.69, 9.17) is 5.11 Å². The molecule has 0 aliphatic rings. The Morgan fingerprint density at radius 2 is 2.06 bits per heavy atom. The number of halogens is 1. The predicted octanol–water partition coefficient (Wildman–Crippen LogP) is 2.55. The van der Waals surface area contributed by atoms with Crippen LogP contribution in [0.4, 0.5) is 5.69 Å². The number of benzene rings is 1. The van der Waals surface area contributed by atoms with Crippen LogP contribution in [0, 0.1) is 0 Å². The molecule has 1 aromatic rings. The van der Waals surface area contributed by atoms with Crippen molar-refractivity contribution in [3.8, 4) is 0 Å². The lowest BCUT2D eigenvalue weighted by atomic mass is 10.1. The number of nitrogens with one attached hydrogen (secondary N) is 1. The normalized spacial score (nSPS) is 14.5. The second-order valence-corrected chi connectivity index (χ2v) is 5.21. The van der Waals surface area contributed by atoms with Crippen LogP contribution < -0.4 is 10.2 Å². The topological polar surface area (TPSA) is 35.5 Å². The van der Waals surface area contributed by atoms with Gasteiger partial charge in [-0.3, -0.25) is 0 Å². The maximum atomic E-state index is 9.15. The quantitative estimate of drug-likeness (QED) is 0.877. The third kappa shape index (κ3) is 3.44. The first-order chi connectivity index (χ1) is 8.01. The first-order valence-electron chi connectivity index (χ1n) is 5.81. The smallest absolute Gasteiger partial charge is 0.0632 e. The summed E-state index contributed by atoms with van der Waals surface area (Å²) >= 11 is 3.60. The Morgan fingerprint density at radius 3 is 2.53 bits per heavy atom. The highest BCUT2D eigenvalue weighted by Crippen LogP contribution is 2.28. The number of anilines is 1. The zero-order valence-electron chi connectivity index (χ0n) is 10.9. The van der Waals surface area contributed by atoms with E-state index < -0.39 is 0 Å². The molecule has 17 heavy (non-hydrogen) atoms. The fourth-order valence-corrected chi connectivity index (χ4v) is 2.33. The van der Waals surface area contributed by atoms with Gasteiger partial charge < -0.3 is 15.3 Å². The second kappa shape index (κ2) is 6.38. The Kier molecular flexibility index (Phi) is 5.43. The van der Waals surface area contributed by atoms with Crippen molar-refractivity contribution in [1.82, 2.24) is 5.32 Å². The molecule has 0 saturated heterocycles. The minimum atomic E-state index is 0.120. The van der Waals surface area contributed by atoms with E-state index in [1.165, 1.54) is 5.56 Å².